The van der Waals surface area contributed by atoms with Crippen molar-refractivity contribution in [3.05, 3.63) is 86.9 Å². The van der Waals surface area contributed by atoms with Crippen molar-refractivity contribution in [3.63, 3.8) is 0 Å². The number of halogens is 3. The molecule has 0 aliphatic heterocycles. The topological polar surface area (TPSA) is 84.0 Å². The molecule has 10 heteroatoms. The molecule has 2 amide bonds. The fourth-order valence-corrected chi connectivity index (χ4v) is 3.42. The average molecular weight is 496 g/mol. The van der Waals surface area contributed by atoms with Gasteiger partial charge in [-0.3, -0.25) is 20.4 Å². The normalized spacial score (nSPS) is 10.4. The number of rotatable bonds is 5. The quantitative estimate of drug-likeness (QED) is 0.311. The molecule has 0 saturated heterocycles. The van der Waals surface area contributed by atoms with Crippen molar-refractivity contribution in [2.24, 2.45) is 0 Å². The Hall–Kier alpha value is -2.49. The molecular weight excluding hydrogens is 483 g/mol. The monoisotopic (exact) mass is 494 g/mol. The lowest BCUT2D eigenvalue weighted by Gasteiger charge is -2.09. The summed E-state index contributed by atoms with van der Waals surface area (Å²) >= 11 is 10.3. The Morgan fingerprint density at radius 1 is 1.03 bits per heavy atom. The number of nitrogens with zero attached hydrogens (tertiary/aromatic N) is 2. The van der Waals surface area contributed by atoms with E-state index in [4.69, 9.17) is 11.6 Å². The zero-order valence-electron chi connectivity index (χ0n) is 14.7. The first kappa shape index (κ1) is 21.2. The number of amides is 2. The largest absolute Gasteiger partial charge is 0.289 e. The van der Waals surface area contributed by atoms with Crippen LogP contribution in [0.4, 0.5) is 4.39 Å². The summed E-state index contributed by atoms with van der Waals surface area (Å²) in [7, 11) is 0. The van der Waals surface area contributed by atoms with E-state index in [1.165, 1.54) is 42.2 Å². The summed E-state index contributed by atoms with van der Waals surface area (Å²) in [6.07, 6.45) is 1.45. The van der Waals surface area contributed by atoms with Crippen LogP contribution in [0.25, 0.3) is 0 Å². The van der Waals surface area contributed by atoms with Gasteiger partial charge in [-0.15, -0.1) is 0 Å². The Labute approximate surface area is 183 Å². The number of aromatic nitrogens is 2. The van der Waals surface area contributed by atoms with Gasteiger partial charge in [0.15, 0.2) is 5.16 Å². The summed E-state index contributed by atoms with van der Waals surface area (Å²) in [4.78, 5) is 32.9. The van der Waals surface area contributed by atoms with Crippen molar-refractivity contribution in [2.75, 3.05) is 0 Å². The predicted octanol–water partition coefficient (Wildman–Crippen LogP) is 4.40. The number of hydrazine groups is 1. The van der Waals surface area contributed by atoms with E-state index in [1.807, 2.05) is 0 Å². The van der Waals surface area contributed by atoms with Crippen molar-refractivity contribution in [2.45, 2.75) is 10.9 Å². The minimum atomic E-state index is -0.606. The van der Waals surface area contributed by atoms with Crippen molar-refractivity contribution < 1.29 is 14.0 Å². The van der Waals surface area contributed by atoms with Crippen LogP contribution < -0.4 is 10.9 Å². The summed E-state index contributed by atoms with van der Waals surface area (Å²) in [6.45, 7) is 0. The van der Waals surface area contributed by atoms with E-state index in [-0.39, 0.29) is 11.5 Å². The Morgan fingerprint density at radius 3 is 2.38 bits per heavy atom. The van der Waals surface area contributed by atoms with Crippen LogP contribution >= 0.6 is 39.3 Å². The number of hydrogen-bond acceptors (Lipinski definition) is 5. The third-order valence-electron chi connectivity index (χ3n) is 3.61. The van der Waals surface area contributed by atoms with Crippen molar-refractivity contribution >= 4 is 51.1 Å². The van der Waals surface area contributed by atoms with Gasteiger partial charge in [0.1, 0.15) is 11.5 Å². The molecule has 0 saturated carbocycles. The van der Waals surface area contributed by atoms with E-state index in [2.05, 4.69) is 36.7 Å². The maximum Gasteiger partial charge on any atom is 0.289 e. The SMILES string of the molecule is O=C(NNC(=O)c1nc(SCc2ccc(F)cc2)ncc1Br)c1ccc(Cl)cc1. The minimum Gasteiger partial charge on any atom is -0.267 e. The summed E-state index contributed by atoms with van der Waals surface area (Å²) in [5, 5.41) is 0.868. The average Bonchev–Trinajstić information content (AvgIpc) is 2.73. The van der Waals surface area contributed by atoms with Crippen LogP contribution in [-0.2, 0) is 5.75 Å². The molecule has 29 heavy (non-hydrogen) atoms. The lowest BCUT2D eigenvalue weighted by Crippen LogP contribution is -2.42. The highest BCUT2D eigenvalue weighted by molar-refractivity contribution is 9.10. The first-order valence-corrected chi connectivity index (χ1v) is 10.3. The molecule has 2 aromatic carbocycles. The van der Waals surface area contributed by atoms with Gasteiger partial charge in [0.25, 0.3) is 11.8 Å². The van der Waals surface area contributed by atoms with Crippen LogP contribution in [0.15, 0.2) is 64.4 Å². The molecule has 0 bridgehead atoms. The highest BCUT2D eigenvalue weighted by atomic mass is 79.9. The van der Waals surface area contributed by atoms with Crippen molar-refractivity contribution in [3.8, 4) is 0 Å². The number of hydrogen-bond donors (Lipinski definition) is 2. The van der Waals surface area contributed by atoms with Gasteiger partial charge in [-0.25, -0.2) is 14.4 Å². The van der Waals surface area contributed by atoms with E-state index in [0.717, 1.165) is 5.56 Å². The van der Waals surface area contributed by atoms with E-state index in [0.29, 0.717) is 26.0 Å². The number of nitrogens with one attached hydrogen (secondary N) is 2. The molecule has 3 rings (SSSR count). The van der Waals surface area contributed by atoms with Gasteiger partial charge in [0.2, 0.25) is 0 Å². The molecule has 1 aromatic heterocycles. The molecule has 0 atom stereocenters. The van der Waals surface area contributed by atoms with Crippen LogP contribution in [0.3, 0.4) is 0 Å². The van der Waals surface area contributed by atoms with Gasteiger partial charge in [0, 0.05) is 22.5 Å². The number of carbonyl (C=O) groups excluding carboxylic acids is 2. The lowest BCUT2D eigenvalue weighted by molar-refractivity contribution is 0.0843. The van der Waals surface area contributed by atoms with Gasteiger partial charge < -0.3 is 0 Å². The lowest BCUT2D eigenvalue weighted by atomic mass is 10.2. The van der Waals surface area contributed by atoms with Gasteiger partial charge in [0.05, 0.1) is 4.47 Å². The fourth-order valence-electron chi connectivity index (χ4n) is 2.15. The smallest absolute Gasteiger partial charge is 0.267 e. The summed E-state index contributed by atoms with van der Waals surface area (Å²) < 4.78 is 13.4. The van der Waals surface area contributed by atoms with E-state index in [9.17, 15) is 14.0 Å². The standard InChI is InChI=1S/C19H13BrClFN4O2S/c20-15-9-23-19(29-10-11-1-7-14(22)8-2-11)24-16(15)18(28)26-25-17(27)12-3-5-13(21)6-4-12/h1-9H,10H2,(H,25,27)(H,26,28). The molecule has 3 aromatic rings. The number of thioether (sulfide) groups is 1. The Bertz CT molecular complexity index is 1040. The maximum atomic E-state index is 13.0. The van der Waals surface area contributed by atoms with Gasteiger partial charge in [-0.2, -0.15) is 0 Å². The molecule has 1 heterocycles. The van der Waals surface area contributed by atoms with Gasteiger partial charge >= 0.3 is 0 Å². The van der Waals surface area contributed by atoms with Crippen molar-refractivity contribution in [1.29, 1.82) is 0 Å². The molecule has 0 aliphatic rings. The summed E-state index contributed by atoms with van der Waals surface area (Å²) in [5.74, 6) is -0.898. The third-order valence-corrected chi connectivity index (χ3v) is 5.38. The first-order valence-electron chi connectivity index (χ1n) is 8.18. The van der Waals surface area contributed by atoms with E-state index < -0.39 is 11.8 Å². The molecule has 0 spiro atoms. The zero-order valence-corrected chi connectivity index (χ0v) is 17.8. The summed E-state index contributed by atoms with van der Waals surface area (Å²) in [5.41, 5.74) is 5.94. The number of carbonyl (C=O) groups is 2. The molecule has 148 valence electrons. The van der Waals surface area contributed by atoms with Crippen LogP contribution in [0, 0.1) is 5.82 Å². The zero-order chi connectivity index (χ0) is 20.8. The van der Waals surface area contributed by atoms with Crippen LogP contribution in [0.5, 0.6) is 0 Å². The molecule has 0 unspecified atom stereocenters. The Balaban J connectivity index is 1.62. The molecule has 6 nitrogen and oxygen atoms in total. The maximum absolute atomic E-state index is 13.0. The Kier molecular flexibility index (Phi) is 7.18. The van der Waals surface area contributed by atoms with E-state index in [1.54, 1.807) is 24.3 Å². The molecule has 2 N–H and O–H groups in total. The van der Waals surface area contributed by atoms with E-state index >= 15 is 0 Å². The highest BCUT2D eigenvalue weighted by Gasteiger charge is 2.15. The molecule has 0 aliphatic carbocycles. The van der Waals surface area contributed by atoms with Gasteiger partial charge in [-0.05, 0) is 57.9 Å². The fraction of sp³-hybridized carbons (Fsp3) is 0.0526. The second-order valence-corrected chi connectivity index (χ2v) is 7.91. The van der Waals surface area contributed by atoms with Crippen LogP contribution in [0.2, 0.25) is 5.02 Å². The number of benzene rings is 2. The summed E-state index contributed by atoms with van der Waals surface area (Å²) in [6, 6.07) is 12.3. The highest BCUT2D eigenvalue weighted by Crippen LogP contribution is 2.22. The van der Waals surface area contributed by atoms with Gasteiger partial charge in [-0.1, -0.05) is 35.5 Å². The minimum absolute atomic E-state index is 0.0676. The predicted molar refractivity (Wildman–Crippen MR) is 112 cm³/mol. The Morgan fingerprint density at radius 2 is 1.69 bits per heavy atom. The first-order chi connectivity index (χ1) is 13.9. The third kappa shape index (κ3) is 5.99. The van der Waals surface area contributed by atoms with Crippen molar-refractivity contribution in [1.82, 2.24) is 20.8 Å². The molecule has 0 radical (unpaired) electrons. The van der Waals surface area contributed by atoms with Crippen LogP contribution in [-0.4, -0.2) is 21.8 Å². The second kappa shape index (κ2) is 9.82. The second-order valence-electron chi connectivity index (χ2n) is 5.68. The molecule has 0 fully saturated rings. The van der Waals surface area contributed by atoms with Crippen LogP contribution in [0.1, 0.15) is 26.4 Å². The molecular formula is C19H13BrClFN4O2S.